The summed E-state index contributed by atoms with van der Waals surface area (Å²) in [5.74, 6) is 0.242. The predicted octanol–water partition coefficient (Wildman–Crippen LogP) is 4.81. The second kappa shape index (κ2) is 6.68. The van der Waals surface area contributed by atoms with Gasteiger partial charge in [0, 0.05) is 11.0 Å². The molecule has 0 fully saturated rings. The highest BCUT2D eigenvalue weighted by Crippen LogP contribution is 2.46. The molecule has 1 aliphatic heterocycles. The van der Waals surface area contributed by atoms with E-state index in [1.807, 2.05) is 13.8 Å². The molecule has 27 heavy (non-hydrogen) atoms. The number of halogens is 3. The van der Waals surface area contributed by atoms with Gasteiger partial charge in [0.25, 0.3) is 0 Å². The van der Waals surface area contributed by atoms with Crippen LogP contribution in [0.15, 0.2) is 42.5 Å². The number of nitrogens with two attached hydrogens (primary N) is 1. The summed E-state index contributed by atoms with van der Waals surface area (Å²) in [6.07, 6.45) is -6.16. The molecular weight excluding hydrogens is 363 g/mol. The highest BCUT2D eigenvalue weighted by molar-refractivity contribution is 5.68. The molecule has 1 heterocycles. The summed E-state index contributed by atoms with van der Waals surface area (Å²) < 4.78 is 51.7. The van der Waals surface area contributed by atoms with Crippen molar-refractivity contribution in [3.8, 4) is 22.6 Å². The van der Waals surface area contributed by atoms with E-state index in [4.69, 9.17) is 15.2 Å². The zero-order chi connectivity index (χ0) is 19.8. The van der Waals surface area contributed by atoms with Crippen LogP contribution in [0, 0.1) is 5.41 Å². The first-order chi connectivity index (χ1) is 12.5. The monoisotopic (exact) mass is 381 g/mol. The first-order valence-corrected chi connectivity index (χ1v) is 8.14. The van der Waals surface area contributed by atoms with Crippen molar-refractivity contribution in [1.29, 1.82) is 0 Å². The highest BCUT2D eigenvalue weighted by atomic mass is 19.4. The van der Waals surface area contributed by atoms with E-state index in [1.54, 1.807) is 18.2 Å². The molecular formula is C19H18F3NO4. The predicted molar refractivity (Wildman–Crippen MR) is 91.2 cm³/mol. The zero-order valence-corrected chi connectivity index (χ0v) is 14.7. The van der Waals surface area contributed by atoms with Crippen molar-refractivity contribution in [1.82, 2.24) is 0 Å². The Morgan fingerprint density at radius 3 is 2.37 bits per heavy atom. The lowest BCUT2D eigenvalue weighted by Crippen LogP contribution is -2.37. The summed E-state index contributed by atoms with van der Waals surface area (Å²) in [6, 6.07) is 10.8. The lowest BCUT2D eigenvalue weighted by molar-refractivity contribution is -0.274. The van der Waals surface area contributed by atoms with E-state index >= 15 is 0 Å². The van der Waals surface area contributed by atoms with Crippen molar-refractivity contribution in [2.75, 3.05) is 6.61 Å². The first kappa shape index (κ1) is 18.9. The van der Waals surface area contributed by atoms with Crippen molar-refractivity contribution in [3.05, 3.63) is 48.0 Å². The minimum Gasteiger partial charge on any atom is -0.492 e. The number of hydrogen-bond acceptors (Lipinski definition) is 4. The molecule has 144 valence electrons. The molecule has 1 amide bonds. The summed E-state index contributed by atoms with van der Waals surface area (Å²) >= 11 is 0. The third-order valence-electron chi connectivity index (χ3n) is 4.26. The van der Waals surface area contributed by atoms with Gasteiger partial charge in [-0.05, 0) is 29.3 Å². The van der Waals surface area contributed by atoms with Crippen LogP contribution < -0.4 is 15.2 Å². The van der Waals surface area contributed by atoms with E-state index in [1.165, 1.54) is 24.3 Å². The van der Waals surface area contributed by atoms with Crippen molar-refractivity contribution >= 4 is 6.09 Å². The minimum atomic E-state index is -4.73. The van der Waals surface area contributed by atoms with Crippen LogP contribution in [0.4, 0.5) is 18.0 Å². The number of alkyl halides is 3. The molecule has 2 N–H and O–H groups in total. The first-order valence-electron chi connectivity index (χ1n) is 8.14. The average molecular weight is 381 g/mol. The van der Waals surface area contributed by atoms with Crippen molar-refractivity contribution < 1.29 is 32.2 Å². The van der Waals surface area contributed by atoms with Crippen LogP contribution in [0.1, 0.15) is 25.5 Å². The molecule has 0 saturated carbocycles. The van der Waals surface area contributed by atoms with Crippen molar-refractivity contribution in [2.45, 2.75) is 26.3 Å². The Morgan fingerprint density at radius 1 is 1.15 bits per heavy atom. The molecule has 8 heteroatoms. The zero-order valence-electron chi connectivity index (χ0n) is 14.7. The average Bonchev–Trinajstić information content (AvgIpc) is 2.56. The molecule has 5 nitrogen and oxygen atoms in total. The Labute approximate surface area is 153 Å². The van der Waals surface area contributed by atoms with Crippen LogP contribution in [-0.4, -0.2) is 19.1 Å². The number of fused-ring (bicyclic) bond motifs is 1. The molecule has 2 aromatic carbocycles. The van der Waals surface area contributed by atoms with E-state index in [0.29, 0.717) is 23.5 Å². The van der Waals surface area contributed by atoms with Gasteiger partial charge in [0.05, 0.1) is 6.61 Å². The Kier molecular flexibility index (Phi) is 4.67. The van der Waals surface area contributed by atoms with Crippen LogP contribution in [0.25, 0.3) is 11.1 Å². The number of hydrogen-bond donors (Lipinski definition) is 1. The molecule has 1 aliphatic rings. The maximum absolute atomic E-state index is 12.3. The normalized spacial score (nSPS) is 18.2. The Hall–Kier alpha value is -2.90. The van der Waals surface area contributed by atoms with Crippen LogP contribution in [0.3, 0.4) is 0 Å². The number of ether oxygens (including phenoxy) is 3. The van der Waals surface area contributed by atoms with Crippen molar-refractivity contribution in [3.63, 3.8) is 0 Å². The second-order valence-corrected chi connectivity index (χ2v) is 6.92. The molecule has 0 radical (unpaired) electrons. The summed E-state index contributed by atoms with van der Waals surface area (Å²) in [7, 11) is 0. The van der Waals surface area contributed by atoms with Crippen molar-refractivity contribution in [2.24, 2.45) is 11.1 Å². The molecule has 0 aliphatic carbocycles. The standard InChI is InChI=1S/C19H18F3NO4/c1-18(2)10-25-15-9-12(5-8-14(15)16(18)26-17(23)24)11-3-6-13(7-4-11)27-19(20,21)22/h3-9,16H,10H2,1-2H3,(H2,23,24). The van der Waals surface area contributed by atoms with Crippen LogP contribution >= 0.6 is 0 Å². The largest absolute Gasteiger partial charge is 0.573 e. The Morgan fingerprint density at radius 2 is 1.78 bits per heavy atom. The quantitative estimate of drug-likeness (QED) is 0.829. The minimum absolute atomic E-state index is 0.294. The number of rotatable bonds is 3. The fourth-order valence-electron chi connectivity index (χ4n) is 3.00. The van der Waals surface area contributed by atoms with E-state index in [0.717, 1.165) is 5.56 Å². The fraction of sp³-hybridized carbons (Fsp3) is 0.316. The van der Waals surface area contributed by atoms with Gasteiger partial charge in [-0.2, -0.15) is 0 Å². The van der Waals surface area contributed by atoms with Gasteiger partial charge in [-0.1, -0.05) is 38.1 Å². The SMILES string of the molecule is CC1(C)COc2cc(-c3ccc(OC(F)(F)F)cc3)ccc2C1OC(N)=O. The fourth-order valence-corrected chi connectivity index (χ4v) is 3.00. The number of benzene rings is 2. The maximum Gasteiger partial charge on any atom is 0.573 e. The smallest absolute Gasteiger partial charge is 0.492 e. The van der Waals surface area contributed by atoms with Crippen LogP contribution in [-0.2, 0) is 4.74 Å². The van der Waals surface area contributed by atoms with Gasteiger partial charge >= 0.3 is 12.5 Å². The van der Waals surface area contributed by atoms with E-state index < -0.39 is 24.0 Å². The van der Waals surface area contributed by atoms with Gasteiger partial charge in [0.15, 0.2) is 0 Å². The number of amides is 1. The Bertz CT molecular complexity index is 847. The second-order valence-electron chi connectivity index (χ2n) is 6.92. The van der Waals surface area contributed by atoms with Gasteiger partial charge in [-0.15, -0.1) is 13.2 Å². The molecule has 2 aromatic rings. The molecule has 0 bridgehead atoms. The van der Waals surface area contributed by atoms with Crippen LogP contribution in [0.5, 0.6) is 11.5 Å². The van der Waals surface area contributed by atoms with E-state index in [2.05, 4.69) is 4.74 Å². The van der Waals surface area contributed by atoms with Gasteiger partial charge in [-0.25, -0.2) is 4.79 Å². The third kappa shape index (κ3) is 4.27. The maximum atomic E-state index is 12.3. The van der Waals surface area contributed by atoms with Crippen LogP contribution in [0.2, 0.25) is 0 Å². The summed E-state index contributed by atoms with van der Waals surface area (Å²) in [5.41, 5.74) is 6.84. The van der Waals surface area contributed by atoms with Gasteiger partial charge in [0.2, 0.25) is 0 Å². The highest BCUT2D eigenvalue weighted by Gasteiger charge is 2.40. The molecule has 0 spiro atoms. The van der Waals surface area contributed by atoms with Gasteiger partial charge < -0.3 is 19.9 Å². The third-order valence-corrected chi connectivity index (χ3v) is 4.26. The number of carbonyl (C=O) groups is 1. The summed E-state index contributed by atoms with van der Waals surface area (Å²) in [5, 5.41) is 0. The van der Waals surface area contributed by atoms with E-state index in [-0.39, 0.29) is 5.75 Å². The summed E-state index contributed by atoms with van der Waals surface area (Å²) in [4.78, 5) is 11.3. The lowest BCUT2D eigenvalue weighted by atomic mass is 9.80. The van der Waals surface area contributed by atoms with E-state index in [9.17, 15) is 18.0 Å². The molecule has 0 saturated heterocycles. The molecule has 1 unspecified atom stereocenters. The number of primary amides is 1. The molecule has 0 aromatic heterocycles. The topological polar surface area (TPSA) is 70.8 Å². The van der Waals surface area contributed by atoms with Gasteiger partial charge in [-0.3, -0.25) is 0 Å². The Balaban J connectivity index is 1.89. The lowest BCUT2D eigenvalue weighted by Gasteiger charge is -2.38. The molecule has 1 atom stereocenters. The molecule has 3 rings (SSSR count). The van der Waals surface area contributed by atoms with Gasteiger partial charge in [0.1, 0.15) is 17.6 Å². The summed E-state index contributed by atoms with van der Waals surface area (Å²) in [6.45, 7) is 4.12. The number of carbonyl (C=O) groups excluding carboxylic acids is 1.